The Labute approximate surface area is 145 Å². The number of nitrogens with one attached hydrogen (secondary N) is 2. The van der Waals surface area contributed by atoms with Crippen molar-refractivity contribution in [3.8, 4) is 0 Å². The second-order valence-corrected chi connectivity index (χ2v) is 7.83. The van der Waals surface area contributed by atoms with Crippen LogP contribution in [-0.2, 0) is 4.79 Å². The average Bonchev–Trinajstić information content (AvgIpc) is 3.02. The maximum atomic E-state index is 12.5. The van der Waals surface area contributed by atoms with E-state index in [0.717, 1.165) is 21.6 Å². The third-order valence-corrected chi connectivity index (χ3v) is 5.75. The van der Waals surface area contributed by atoms with Crippen LogP contribution in [0.4, 0.5) is 10.8 Å². The van der Waals surface area contributed by atoms with Crippen LogP contribution in [0.5, 0.6) is 0 Å². The molecule has 2 aromatic rings. The van der Waals surface area contributed by atoms with Crippen LogP contribution in [0.25, 0.3) is 0 Å². The Hall–Kier alpha value is -1.60. The molecule has 0 radical (unpaired) electrons. The SMILES string of the molecule is CC[C@@H](C)c1ccccc1NC(=O)[C@@H](C)Sc1nnc(NC)s1. The van der Waals surface area contributed by atoms with E-state index in [2.05, 4.69) is 40.7 Å². The first-order chi connectivity index (χ1) is 11.0. The Kier molecular flexibility index (Phi) is 6.41. The molecule has 1 heterocycles. The van der Waals surface area contributed by atoms with Gasteiger partial charge in [-0.1, -0.05) is 55.1 Å². The zero-order chi connectivity index (χ0) is 16.8. The number of amides is 1. The summed E-state index contributed by atoms with van der Waals surface area (Å²) in [6.07, 6.45) is 1.04. The summed E-state index contributed by atoms with van der Waals surface area (Å²) in [6.45, 7) is 6.20. The highest BCUT2D eigenvalue weighted by Crippen LogP contribution is 2.30. The van der Waals surface area contributed by atoms with Crippen LogP contribution in [-0.4, -0.2) is 28.4 Å². The number of hydrogen-bond acceptors (Lipinski definition) is 6. The molecule has 0 spiro atoms. The fourth-order valence-electron chi connectivity index (χ4n) is 2.06. The van der Waals surface area contributed by atoms with Gasteiger partial charge < -0.3 is 10.6 Å². The third-order valence-electron chi connectivity index (χ3n) is 3.63. The molecule has 1 aromatic carbocycles. The van der Waals surface area contributed by atoms with Gasteiger partial charge in [0.15, 0.2) is 4.34 Å². The van der Waals surface area contributed by atoms with Gasteiger partial charge in [0.1, 0.15) is 0 Å². The van der Waals surface area contributed by atoms with Crippen molar-refractivity contribution in [2.75, 3.05) is 17.7 Å². The second-order valence-electron chi connectivity index (χ2n) is 5.27. The van der Waals surface area contributed by atoms with Crippen LogP contribution in [0.3, 0.4) is 0 Å². The summed E-state index contributed by atoms with van der Waals surface area (Å²) in [5.41, 5.74) is 2.07. The first-order valence-electron chi connectivity index (χ1n) is 7.62. The molecule has 0 unspecified atom stereocenters. The van der Waals surface area contributed by atoms with E-state index in [4.69, 9.17) is 0 Å². The Morgan fingerprint density at radius 1 is 1.30 bits per heavy atom. The van der Waals surface area contributed by atoms with E-state index in [1.54, 1.807) is 7.05 Å². The summed E-state index contributed by atoms with van der Waals surface area (Å²) in [6, 6.07) is 7.99. The van der Waals surface area contributed by atoms with Crippen molar-refractivity contribution in [2.45, 2.75) is 42.7 Å². The number of anilines is 2. The van der Waals surface area contributed by atoms with Crippen LogP contribution >= 0.6 is 23.1 Å². The van der Waals surface area contributed by atoms with Gasteiger partial charge in [-0.3, -0.25) is 4.79 Å². The van der Waals surface area contributed by atoms with E-state index in [-0.39, 0.29) is 11.2 Å². The summed E-state index contributed by atoms with van der Waals surface area (Å²) in [4.78, 5) is 12.5. The molecule has 5 nitrogen and oxygen atoms in total. The smallest absolute Gasteiger partial charge is 0.237 e. The summed E-state index contributed by atoms with van der Waals surface area (Å²) < 4.78 is 0.784. The highest BCUT2D eigenvalue weighted by Gasteiger charge is 2.19. The molecule has 1 amide bonds. The van der Waals surface area contributed by atoms with Gasteiger partial charge >= 0.3 is 0 Å². The predicted octanol–water partition coefficient (Wildman–Crippen LogP) is 4.21. The van der Waals surface area contributed by atoms with Crippen molar-refractivity contribution in [3.63, 3.8) is 0 Å². The Morgan fingerprint density at radius 2 is 2.04 bits per heavy atom. The maximum absolute atomic E-state index is 12.5. The van der Waals surface area contributed by atoms with E-state index in [1.165, 1.54) is 28.7 Å². The topological polar surface area (TPSA) is 66.9 Å². The van der Waals surface area contributed by atoms with E-state index in [0.29, 0.717) is 5.92 Å². The quantitative estimate of drug-likeness (QED) is 0.732. The lowest BCUT2D eigenvalue weighted by molar-refractivity contribution is -0.115. The number of benzene rings is 1. The first-order valence-corrected chi connectivity index (χ1v) is 9.32. The summed E-state index contributed by atoms with van der Waals surface area (Å²) in [5, 5.41) is 14.6. The molecule has 0 saturated carbocycles. The number of aromatic nitrogens is 2. The van der Waals surface area contributed by atoms with E-state index < -0.39 is 0 Å². The fourth-order valence-corrected chi connectivity index (χ4v) is 3.91. The molecule has 0 aliphatic rings. The third kappa shape index (κ3) is 4.68. The van der Waals surface area contributed by atoms with Crippen molar-refractivity contribution < 1.29 is 4.79 Å². The van der Waals surface area contributed by atoms with Crippen molar-refractivity contribution in [2.24, 2.45) is 0 Å². The zero-order valence-electron chi connectivity index (χ0n) is 13.8. The van der Waals surface area contributed by atoms with Crippen LogP contribution < -0.4 is 10.6 Å². The molecule has 0 fully saturated rings. The molecule has 2 atom stereocenters. The Bertz CT molecular complexity index is 659. The van der Waals surface area contributed by atoms with E-state index >= 15 is 0 Å². The van der Waals surface area contributed by atoms with E-state index in [1.807, 2.05) is 25.1 Å². The summed E-state index contributed by atoms with van der Waals surface area (Å²) >= 11 is 2.87. The number of carbonyl (C=O) groups is 1. The minimum absolute atomic E-state index is 0.0213. The zero-order valence-corrected chi connectivity index (χ0v) is 15.4. The molecule has 7 heteroatoms. The minimum atomic E-state index is -0.238. The molecular formula is C16H22N4OS2. The normalized spacial score (nSPS) is 13.4. The highest BCUT2D eigenvalue weighted by atomic mass is 32.2. The number of rotatable bonds is 7. The Morgan fingerprint density at radius 3 is 2.70 bits per heavy atom. The maximum Gasteiger partial charge on any atom is 0.237 e. The molecule has 124 valence electrons. The molecule has 0 aliphatic carbocycles. The lowest BCUT2D eigenvalue weighted by Gasteiger charge is -2.17. The lowest BCUT2D eigenvalue weighted by atomic mass is 9.97. The van der Waals surface area contributed by atoms with E-state index in [9.17, 15) is 4.79 Å². The lowest BCUT2D eigenvalue weighted by Crippen LogP contribution is -2.23. The standard InChI is InChI=1S/C16H22N4OS2/c1-5-10(2)12-8-6-7-9-13(12)18-14(21)11(3)22-16-20-19-15(17-4)23-16/h6-11H,5H2,1-4H3,(H,17,19)(H,18,21)/t10-,11-/m1/s1. The predicted molar refractivity (Wildman–Crippen MR) is 98.6 cm³/mol. The van der Waals surface area contributed by atoms with Crippen molar-refractivity contribution in [3.05, 3.63) is 29.8 Å². The monoisotopic (exact) mass is 350 g/mol. The van der Waals surface area contributed by atoms with Gasteiger partial charge in [-0.05, 0) is 30.9 Å². The van der Waals surface area contributed by atoms with Gasteiger partial charge in [-0.15, -0.1) is 10.2 Å². The second kappa shape index (κ2) is 8.31. The summed E-state index contributed by atoms with van der Waals surface area (Å²) in [5.74, 6) is 0.391. The molecule has 0 saturated heterocycles. The van der Waals surface area contributed by atoms with Gasteiger partial charge in [0, 0.05) is 12.7 Å². The van der Waals surface area contributed by atoms with Crippen LogP contribution in [0, 0.1) is 0 Å². The van der Waals surface area contributed by atoms with Gasteiger partial charge in [0.2, 0.25) is 11.0 Å². The number of thioether (sulfide) groups is 1. The van der Waals surface area contributed by atoms with Crippen LogP contribution in [0.2, 0.25) is 0 Å². The van der Waals surface area contributed by atoms with Gasteiger partial charge in [0.25, 0.3) is 0 Å². The Balaban J connectivity index is 2.03. The number of hydrogen-bond donors (Lipinski definition) is 2. The van der Waals surface area contributed by atoms with Gasteiger partial charge in [-0.2, -0.15) is 0 Å². The highest BCUT2D eigenvalue weighted by molar-refractivity contribution is 8.02. The molecule has 0 bridgehead atoms. The largest absolute Gasteiger partial charge is 0.363 e. The van der Waals surface area contributed by atoms with Crippen LogP contribution in [0.15, 0.2) is 28.6 Å². The summed E-state index contributed by atoms with van der Waals surface area (Å²) in [7, 11) is 1.80. The number of nitrogens with zero attached hydrogens (tertiary/aromatic N) is 2. The van der Waals surface area contributed by atoms with Crippen molar-refractivity contribution >= 4 is 39.8 Å². The fraction of sp³-hybridized carbons (Fsp3) is 0.438. The minimum Gasteiger partial charge on any atom is -0.363 e. The van der Waals surface area contributed by atoms with Gasteiger partial charge in [-0.25, -0.2) is 0 Å². The van der Waals surface area contributed by atoms with Crippen LogP contribution in [0.1, 0.15) is 38.7 Å². The first kappa shape index (κ1) is 17.7. The average molecular weight is 351 g/mol. The van der Waals surface area contributed by atoms with Crippen molar-refractivity contribution in [1.29, 1.82) is 0 Å². The van der Waals surface area contributed by atoms with Gasteiger partial charge in [0.05, 0.1) is 5.25 Å². The molecule has 2 N–H and O–H groups in total. The van der Waals surface area contributed by atoms with Crippen molar-refractivity contribution in [1.82, 2.24) is 10.2 Å². The molecule has 0 aliphatic heterocycles. The molecule has 23 heavy (non-hydrogen) atoms. The molecule has 1 aromatic heterocycles. The number of para-hydroxylation sites is 1. The molecular weight excluding hydrogens is 328 g/mol. The molecule has 2 rings (SSSR count). The number of carbonyl (C=O) groups excluding carboxylic acids is 1.